The van der Waals surface area contributed by atoms with Crippen LogP contribution in [0.15, 0.2) is 23.1 Å². The van der Waals surface area contributed by atoms with Crippen molar-refractivity contribution in [1.29, 1.82) is 0 Å². The lowest BCUT2D eigenvalue weighted by molar-refractivity contribution is 0.0946. The highest BCUT2D eigenvalue weighted by Gasteiger charge is 2.14. The lowest BCUT2D eigenvalue weighted by atomic mass is 10.2. The van der Waals surface area contributed by atoms with Crippen LogP contribution in [-0.2, 0) is 19.4 Å². The summed E-state index contributed by atoms with van der Waals surface area (Å²) < 4.78 is 1.41. The summed E-state index contributed by atoms with van der Waals surface area (Å²) in [7, 11) is 0. The fraction of sp³-hybridized carbons (Fsp3) is 0.385. The Morgan fingerprint density at radius 2 is 2.35 bits per heavy atom. The minimum atomic E-state index is -0.239. The van der Waals surface area contributed by atoms with E-state index in [2.05, 4.69) is 20.6 Å². The Labute approximate surface area is 115 Å². The van der Waals surface area contributed by atoms with Crippen molar-refractivity contribution in [3.63, 3.8) is 0 Å². The first-order chi connectivity index (χ1) is 9.74. The minimum absolute atomic E-state index is 0.110. The van der Waals surface area contributed by atoms with Gasteiger partial charge in [-0.15, -0.1) is 0 Å². The van der Waals surface area contributed by atoms with E-state index in [0.29, 0.717) is 18.8 Å². The molecular weight excluding hydrogens is 258 g/mol. The van der Waals surface area contributed by atoms with Crippen molar-refractivity contribution in [2.24, 2.45) is 0 Å². The lowest BCUT2D eigenvalue weighted by Gasteiger charge is -2.07. The quantitative estimate of drug-likeness (QED) is 0.812. The number of aromatic nitrogens is 4. The Morgan fingerprint density at radius 1 is 1.45 bits per heavy atom. The van der Waals surface area contributed by atoms with Crippen LogP contribution >= 0.6 is 0 Å². The molecule has 0 bridgehead atoms. The Bertz CT molecular complexity index is 675. The van der Waals surface area contributed by atoms with E-state index in [9.17, 15) is 9.59 Å². The Hall–Kier alpha value is -2.44. The molecule has 7 heteroatoms. The third-order valence-electron chi connectivity index (χ3n) is 3.38. The number of carbonyl (C=O) groups excluding carboxylic acids is 1. The number of aromatic amines is 1. The normalized spacial score (nSPS) is 13.2. The topological polar surface area (TPSA) is 92.7 Å². The maximum atomic E-state index is 11.9. The van der Waals surface area contributed by atoms with Crippen LogP contribution in [0.5, 0.6) is 0 Å². The molecule has 0 aromatic carbocycles. The van der Waals surface area contributed by atoms with Gasteiger partial charge in [0.2, 0.25) is 0 Å². The molecule has 0 radical (unpaired) electrons. The van der Waals surface area contributed by atoms with Gasteiger partial charge in [0.15, 0.2) is 0 Å². The summed E-state index contributed by atoms with van der Waals surface area (Å²) in [5.41, 5.74) is 2.36. The number of amides is 1. The fourth-order valence-corrected chi connectivity index (χ4v) is 2.35. The molecule has 20 heavy (non-hydrogen) atoms. The Kier molecular flexibility index (Phi) is 3.32. The number of H-pyrrole nitrogens is 1. The summed E-state index contributed by atoms with van der Waals surface area (Å²) in [5.74, 6) is -0.239. The van der Waals surface area contributed by atoms with Gasteiger partial charge < -0.3 is 5.32 Å². The van der Waals surface area contributed by atoms with Gasteiger partial charge in [0.25, 0.3) is 11.5 Å². The SMILES string of the molecule is O=C(NCCn1nc2c(cc1=O)CCC2)c1ccn[nH]1. The number of fused-ring (bicyclic) bond motifs is 1. The van der Waals surface area contributed by atoms with Gasteiger partial charge in [-0.1, -0.05) is 0 Å². The zero-order chi connectivity index (χ0) is 13.9. The predicted molar refractivity (Wildman–Crippen MR) is 71.4 cm³/mol. The molecule has 0 saturated heterocycles. The molecule has 0 atom stereocenters. The standard InChI is InChI=1S/C13H15N5O2/c19-12-8-9-2-1-3-10(9)17-18(12)7-6-14-13(20)11-4-5-15-16-11/h4-5,8H,1-3,6-7H2,(H,14,20)(H,15,16). The van der Waals surface area contributed by atoms with Crippen LogP contribution in [0.4, 0.5) is 0 Å². The highest BCUT2D eigenvalue weighted by Crippen LogP contribution is 2.16. The molecular formula is C13H15N5O2. The maximum absolute atomic E-state index is 11.9. The van der Waals surface area contributed by atoms with E-state index < -0.39 is 0 Å². The van der Waals surface area contributed by atoms with Crippen molar-refractivity contribution < 1.29 is 4.79 Å². The van der Waals surface area contributed by atoms with Crippen molar-refractivity contribution in [3.8, 4) is 0 Å². The van der Waals surface area contributed by atoms with E-state index in [4.69, 9.17) is 0 Å². The highest BCUT2D eigenvalue weighted by molar-refractivity contribution is 5.91. The molecule has 7 nitrogen and oxygen atoms in total. The van der Waals surface area contributed by atoms with Gasteiger partial charge in [-0.2, -0.15) is 10.2 Å². The molecule has 0 spiro atoms. The zero-order valence-corrected chi connectivity index (χ0v) is 10.9. The van der Waals surface area contributed by atoms with Crippen LogP contribution < -0.4 is 10.9 Å². The predicted octanol–water partition coefficient (Wildman–Crippen LogP) is -0.115. The zero-order valence-electron chi connectivity index (χ0n) is 10.9. The van der Waals surface area contributed by atoms with E-state index in [1.54, 1.807) is 12.1 Å². The average Bonchev–Trinajstić information content (AvgIpc) is 3.08. The second-order valence-electron chi connectivity index (χ2n) is 4.76. The van der Waals surface area contributed by atoms with Crippen molar-refractivity contribution in [2.45, 2.75) is 25.8 Å². The first-order valence-electron chi connectivity index (χ1n) is 6.61. The van der Waals surface area contributed by atoms with E-state index in [1.165, 1.54) is 10.9 Å². The summed E-state index contributed by atoms with van der Waals surface area (Å²) in [4.78, 5) is 23.5. The van der Waals surface area contributed by atoms with E-state index >= 15 is 0 Å². The van der Waals surface area contributed by atoms with Crippen LogP contribution in [0.2, 0.25) is 0 Å². The molecule has 1 aliphatic rings. The van der Waals surface area contributed by atoms with Crippen LogP contribution in [0, 0.1) is 0 Å². The van der Waals surface area contributed by atoms with Gasteiger partial charge in [0.1, 0.15) is 5.69 Å². The van der Waals surface area contributed by atoms with Gasteiger partial charge >= 0.3 is 0 Å². The van der Waals surface area contributed by atoms with Crippen LogP contribution in [0.1, 0.15) is 28.2 Å². The molecule has 1 amide bonds. The summed E-state index contributed by atoms with van der Waals surface area (Å²) in [6, 6.07) is 3.25. The van der Waals surface area contributed by atoms with E-state index in [0.717, 1.165) is 30.5 Å². The largest absolute Gasteiger partial charge is 0.349 e. The Morgan fingerprint density at radius 3 is 3.15 bits per heavy atom. The van der Waals surface area contributed by atoms with Gasteiger partial charge in [-0.3, -0.25) is 14.7 Å². The second-order valence-corrected chi connectivity index (χ2v) is 4.76. The monoisotopic (exact) mass is 273 g/mol. The van der Waals surface area contributed by atoms with E-state index in [-0.39, 0.29) is 11.5 Å². The van der Waals surface area contributed by atoms with Crippen molar-refractivity contribution in [2.75, 3.05) is 6.54 Å². The molecule has 3 rings (SSSR count). The third kappa shape index (κ3) is 2.47. The molecule has 0 unspecified atom stereocenters. The van der Waals surface area contributed by atoms with Crippen molar-refractivity contribution in [3.05, 3.63) is 45.6 Å². The molecule has 0 fully saturated rings. The second kappa shape index (κ2) is 5.28. The number of hydrogen-bond acceptors (Lipinski definition) is 4. The first kappa shape index (κ1) is 12.6. The first-order valence-corrected chi connectivity index (χ1v) is 6.61. The molecule has 2 heterocycles. The Balaban J connectivity index is 1.62. The molecule has 2 aromatic rings. The van der Waals surface area contributed by atoms with Gasteiger partial charge in [-0.25, -0.2) is 4.68 Å². The molecule has 2 N–H and O–H groups in total. The molecule has 1 aliphatic carbocycles. The number of nitrogens with one attached hydrogen (secondary N) is 2. The van der Waals surface area contributed by atoms with Crippen LogP contribution in [-0.4, -0.2) is 32.4 Å². The number of carbonyl (C=O) groups is 1. The molecule has 0 aliphatic heterocycles. The summed E-state index contributed by atoms with van der Waals surface area (Å²) in [6.07, 6.45) is 4.44. The maximum Gasteiger partial charge on any atom is 0.269 e. The third-order valence-corrected chi connectivity index (χ3v) is 3.38. The van der Waals surface area contributed by atoms with Gasteiger partial charge in [0, 0.05) is 18.8 Å². The summed E-state index contributed by atoms with van der Waals surface area (Å²) >= 11 is 0. The average molecular weight is 273 g/mol. The van der Waals surface area contributed by atoms with Crippen LogP contribution in [0.3, 0.4) is 0 Å². The van der Waals surface area contributed by atoms with Crippen LogP contribution in [0.25, 0.3) is 0 Å². The summed E-state index contributed by atoms with van der Waals surface area (Å²) in [6.45, 7) is 0.718. The smallest absolute Gasteiger partial charge is 0.269 e. The number of hydrogen-bond donors (Lipinski definition) is 2. The van der Waals surface area contributed by atoms with Gasteiger partial charge in [0.05, 0.1) is 12.2 Å². The number of nitrogens with zero attached hydrogens (tertiary/aromatic N) is 3. The van der Waals surface area contributed by atoms with E-state index in [1.807, 2.05) is 0 Å². The minimum Gasteiger partial charge on any atom is -0.349 e. The lowest BCUT2D eigenvalue weighted by Crippen LogP contribution is -2.32. The van der Waals surface area contributed by atoms with Crippen molar-refractivity contribution in [1.82, 2.24) is 25.3 Å². The molecule has 104 valence electrons. The fourth-order valence-electron chi connectivity index (χ4n) is 2.35. The number of aryl methyl sites for hydroxylation is 2. The molecule has 0 saturated carbocycles. The summed E-state index contributed by atoms with van der Waals surface area (Å²) in [5, 5.41) is 13.4. The van der Waals surface area contributed by atoms with Crippen molar-refractivity contribution >= 4 is 5.91 Å². The highest BCUT2D eigenvalue weighted by atomic mass is 16.2. The number of rotatable bonds is 4. The van der Waals surface area contributed by atoms with Gasteiger partial charge in [-0.05, 0) is 30.9 Å². The molecule has 2 aromatic heterocycles.